The van der Waals surface area contributed by atoms with Crippen LogP contribution in [0.1, 0.15) is 51.7 Å². The van der Waals surface area contributed by atoms with Gasteiger partial charge in [-0.2, -0.15) is 0 Å². The molecule has 0 unspecified atom stereocenters. The van der Waals surface area contributed by atoms with Gasteiger partial charge in [-0.25, -0.2) is 5.48 Å². The SMILES string of the molecule is C.C=O.CC.CCCN.NCCONCCCC=O.[HH].[HH].[HH]. The highest BCUT2D eigenvalue weighted by molar-refractivity contribution is 5.48. The number of hydrogen-bond acceptors (Lipinski definition) is 6. The van der Waals surface area contributed by atoms with Crippen LogP contribution >= 0.6 is 0 Å². The molecule has 0 amide bonds. The highest BCUT2D eigenvalue weighted by Crippen LogP contribution is 1.79. The molecular formula is C13H41N3O3. The highest BCUT2D eigenvalue weighted by Gasteiger charge is 1.85. The first-order chi connectivity index (χ1) is 8.83. The Morgan fingerprint density at radius 2 is 1.74 bits per heavy atom. The first-order valence-corrected chi connectivity index (χ1v) is 6.30. The summed E-state index contributed by atoms with van der Waals surface area (Å²) in [6.07, 6.45) is 3.39. The molecule has 0 fully saturated rings. The van der Waals surface area contributed by atoms with E-state index in [2.05, 4.69) is 12.4 Å². The van der Waals surface area contributed by atoms with E-state index in [1.165, 1.54) is 0 Å². The van der Waals surface area contributed by atoms with Gasteiger partial charge in [-0.15, -0.1) is 0 Å². The molecule has 5 N–H and O–H groups in total. The van der Waals surface area contributed by atoms with Crippen LogP contribution in [-0.4, -0.2) is 39.3 Å². The zero-order valence-corrected chi connectivity index (χ0v) is 12.1. The molecule has 0 aromatic heterocycles. The van der Waals surface area contributed by atoms with Gasteiger partial charge in [-0.3, -0.25) is 0 Å². The standard InChI is InChI=1S/C6H14N2O2.C3H9N.C2H6.CH2O.CH4.3H2/c7-3-6-10-8-4-1-2-5-9;1-2-3-4;2*1-2;;;;/h5,8H,1-4,6-7H2;2-4H2,1H3;1-2H3;1H2;1H4;3*1H. The molecule has 0 aliphatic heterocycles. The van der Waals surface area contributed by atoms with Crippen LogP contribution in [0.25, 0.3) is 0 Å². The number of unbranched alkanes of at least 4 members (excludes halogenated alkanes) is 1. The van der Waals surface area contributed by atoms with Crippen LogP contribution in [0.2, 0.25) is 0 Å². The molecule has 6 nitrogen and oxygen atoms in total. The van der Waals surface area contributed by atoms with E-state index in [0.717, 1.165) is 25.7 Å². The fraction of sp³-hybridized carbons (Fsp3) is 0.846. The fourth-order valence-electron chi connectivity index (χ4n) is 0.461. The quantitative estimate of drug-likeness (QED) is 0.358. The van der Waals surface area contributed by atoms with Crippen molar-refractivity contribution in [3.05, 3.63) is 0 Å². The molecule has 19 heavy (non-hydrogen) atoms. The molecule has 0 saturated carbocycles. The van der Waals surface area contributed by atoms with Gasteiger partial charge in [0.25, 0.3) is 0 Å². The number of aldehydes is 1. The van der Waals surface area contributed by atoms with Crippen LogP contribution in [0.4, 0.5) is 0 Å². The monoisotopic (exact) mass is 287 g/mol. The van der Waals surface area contributed by atoms with E-state index >= 15 is 0 Å². The van der Waals surface area contributed by atoms with E-state index < -0.39 is 0 Å². The zero-order chi connectivity index (χ0) is 15.1. The second-order valence-electron chi connectivity index (χ2n) is 2.63. The van der Waals surface area contributed by atoms with Gasteiger partial charge in [0.15, 0.2) is 0 Å². The maximum atomic E-state index is 9.81. The lowest BCUT2D eigenvalue weighted by atomic mass is 10.3. The van der Waals surface area contributed by atoms with Crippen molar-refractivity contribution in [1.29, 1.82) is 0 Å². The summed E-state index contributed by atoms with van der Waals surface area (Å²) in [5.41, 5.74) is 12.9. The summed E-state index contributed by atoms with van der Waals surface area (Å²) in [5, 5.41) is 0. The van der Waals surface area contributed by atoms with Crippen LogP contribution < -0.4 is 16.9 Å². The summed E-state index contributed by atoms with van der Waals surface area (Å²) in [7, 11) is 0. The van der Waals surface area contributed by atoms with Crippen molar-refractivity contribution < 1.29 is 18.7 Å². The van der Waals surface area contributed by atoms with Crippen LogP contribution in [0, 0.1) is 0 Å². The molecule has 0 atom stereocenters. The number of nitrogens with one attached hydrogen (secondary N) is 1. The maximum absolute atomic E-state index is 9.81. The number of hydroxylamine groups is 1. The van der Waals surface area contributed by atoms with E-state index in [1.807, 2.05) is 20.6 Å². The molecule has 0 aliphatic rings. The minimum absolute atomic E-state index is 0. The molecular weight excluding hydrogens is 246 g/mol. The van der Waals surface area contributed by atoms with Crippen LogP contribution in [-0.2, 0) is 14.4 Å². The van der Waals surface area contributed by atoms with Crippen molar-refractivity contribution in [3.8, 4) is 0 Å². The van der Waals surface area contributed by atoms with E-state index in [9.17, 15) is 4.79 Å². The predicted molar refractivity (Wildman–Crippen MR) is 89.2 cm³/mol. The van der Waals surface area contributed by atoms with E-state index in [-0.39, 0.29) is 11.7 Å². The van der Waals surface area contributed by atoms with Gasteiger partial charge in [0.05, 0.1) is 6.61 Å². The minimum atomic E-state index is 0. The lowest BCUT2D eigenvalue weighted by Gasteiger charge is -2.01. The van der Waals surface area contributed by atoms with Crippen molar-refractivity contribution in [1.82, 2.24) is 5.48 Å². The summed E-state index contributed by atoms with van der Waals surface area (Å²) in [6.45, 7) is 10.6. The first-order valence-electron chi connectivity index (χ1n) is 6.30. The number of hydrogen-bond donors (Lipinski definition) is 3. The Bertz CT molecular complexity index is 128. The Morgan fingerprint density at radius 3 is 2.05 bits per heavy atom. The predicted octanol–water partition coefficient (Wildman–Crippen LogP) is 2.02. The fourth-order valence-corrected chi connectivity index (χ4v) is 0.461. The van der Waals surface area contributed by atoms with E-state index in [4.69, 9.17) is 21.1 Å². The Kier molecular flexibility index (Phi) is 86.8. The molecule has 0 heterocycles. The van der Waals surface area contributed by atoms with Crippen molar-refractivity contribution in [2.45, 2.75) is 47.5 Å². The largest absolute Gasteiger partial charge is 0.330 e. The topological polar surface area (TPSA) is 107 Å². The molecule has 0 spiro atoms. The Hall–Kier alpha value is -0.820. The van der Waals surface area contributed by atoms with E-state index in [0.29, 0.717) is 26.1 Å². The first kappa shape index (κ1) is 30.9. The smallest absolute Gasteiger partial charge is 0.120 e. The van der Waals surface area contributed by atoms with E-state index in [1.54, 1.807) is 0 Å². The zero-order valence-electron chi connectivity index (χ0n) is 12.1. The molecule has 0 radical (unpaired) electrons. The number of rotatable bonds is 8. The molecule has 0 aromatic carbocycles. The second-order valence-corrected chi connectivity index (χ2v) is 2.63. The Morgan fingerprint density at radius 1 is 1.26 bits per heavy atom. The van der Waals surface area contributed by atoms with Gasteiger partial charge in [0, 0.05) is 23.8 Å². The van der Waals surface area contributed by atoms with Gasteiger partial charge in [0.1, 0.15) is 13.1 Å². The molecule has 0 aliphatic carbocycles. The second kappa shape index (κ2) is 53.4. The maximum Gasteiger partial charge on any atom is 0.120 e. The lowest BCUT2D eigenvalue weighted by molar-refractivity contribution is -0.108. The summed E-state index contributed by atoms with van der Waals surface area (Å²) >= 11 is 0. The molecule has 0 saturated heterocycles. The van der Waals surface area contributed by atoms with Gasteiger partial charge in [-0.05, 0) is 19.4 Å². The molecule has 0 rings (SSSR count). The van der Waals surface area contributed by atoms with Crippen LogP contribution in [0.3, 0.4) is 0 Å². The van der Waals surface area contributed by atoms with Crippen LogP contribution in [0.5, 0.6) is 0 Å². The third kappa shape index (κ3) is 76.8. The Balaban J connectivity index is -0.0000000237. The molecule has 126 valence electrons. The average Bonchev–Trinajstić information content (AvgIpc) is 2.47. The summed E-state index contributed by atoms with van der Waals surface area (Å²) in [5.74, 6) is 0. The molecule has 0 bridgehead atoms. The van der Waals surface area contributed by atoms with Crippen molar-refractivity contribution >= 4 is 13.1 Å². The minimum Gasteiger partial charge on any atom is -0.330 e. The number of carbonyl (C=O) groups is 2. The summed E-state index contributed by atoms with van der Waals surface area (Å²) in [4.78, 5) is 22.6. The van der Waals surface area contributed by atoms with Crippen molar-refractivity contribution in [3.63, 3.8) is 0 Å². The van der Waals surface area contributed by atoms with Gasteiger partial charge in [0.2, 0.25) is 0 Å². The highest BCUT2D eigenvalue weighted by atomic mass is 16.6. The van der Waals surface area contributed by atoms with Crippen molar-refractivity contribution in [2.75, 3.05) is 26.2 Å². The molecule has 6 heteroatoms. The van der Waals surface area contributed by atoms with Gasteiger partial charge < -0.3 is 25.9 Å². The summed E-state index contributed by atoms with van der Waals surface area (Å²) < 4.78 is 0. The molecule has 0 aromatic rings. The third-order valence-electron chi connectivity index (χ3n) is 1.21. The lowest BCUT2D eigenvalue weighted by Crippen LogP contribution is -2.20. The van der Waals surface area contributed by atoms with Crippen molar-refractivity contribution in [2.24, 2.45) is 11.5 Å². The number of nitrogens with two attached hydrogens (primary N) is 2. The van der Waals surface area contributed by atoms with Gasteiger partial charge >= 0.3 is 0 Å². The third-order valence-corrected chi connectivity index (χ3v) is 1.21. The number of carbonyl (C=O) groups excluding carboxylic acids is 2. The van der Waals surface area contributed by atoms with Crippen LogP contribution in [0.15, 0.2) is 0 Å². The summed E-state index contributed by atoms with van der Waals surface area (Å²) in [6, 6.07) is 0. The average molecular weight is 287 g/mol. The Labute approximate surface area is 123 Å². The normalized spacial score (nSPS) is 7.21. The van der Waals surface area contributed by atoms with Gasteiger partial charge in [-0.1, -0.05) is 28.2 Å².